The number of benzene rings is 2. The molecule has 0 aliphatic rings. The van der Waals surface area contributed by atoms with E-state index in [2.05, 4.69) is 4.98 Å². The van der Waals surface area contributed by atoms with E-state index in [9.17, 15) is 14.4 Å². The molecule has 1 aromatic heterocycles. The number of aromatic nitrogens is 2. The highest BCUT2D eigenvalue weighted by atomic mass is 35.5. The molecule has 3 rings (SSSR count). The molecule has 0 saturated carbocycles. The zero-order chi connectivity index (χ0) is 25.0. The van der Waals surface area contributed by atoms with Gasteiger partial charge >= 0.3 is 5.97 Å². The number of hydrogen-bond donors (Lipinski definition) is 3. The first-order valence-corrected chi connectivity index (χ1v) is 11.0. The molecule has 0 aliphatic heterocycles. The maximum Gasteiger partial charge on any atom is 0.305 e. The largest absolute Gasteiger partial charge is 0.481 e. The second-order valence-electron chi connectivity index (χ2n) is 8.70. The number of carboxylic acids is 1. The van der Waals surface area contributed by atoms with Crippen molar-refractivity contribution in [3.8, 4) is 0 Å². The Morgan fingerprint density at radius 2 is 1.77 bits per heavy atom. The Hall–Kier alpha value is -3.72. The smallest absolute Gasteiger partial charge is 0.305 e. The number of carboxylic acid groups (broad SMARTS) is 1. The van der Waals surface area contributed by atoms with Crippen LogP contribution in [0.4, 0.5) is 0 Å². The molecule has 186 valence electrons. The van der Waals surface area contributed by atoms with Crippen molar-refractivity contribution in [1.29, 1.82) is 5.41 Å². The van der Waals surface area contributed by atoms with Gasteiger partial charge < -0.3 is 20.3 Å². The molecule has 10 heteroatoms. The first-order chi connectivity index (χ1) is 16.1. The summed E-state index contributed by atoms with van der Waals surface area (Å²) in [5.41, 5.74) is 8.54. The van der Waals surface area contributed by atoms with Gasteiger partial charge in [0.15, 0.2) is 0 Å². The molecular formula is C25H30ClN5O4. The number of nitrogen functional groups attached to an aromatic ring is 1. The lowest BCUT2D eigenvalue weighted by Gasteiger charge is -2.24. The first kappa shape index (κ1) is 27.5. The fourth-order valence-corrected chi connectivity index (χ4v) is 3.77. The Bertz CT molecular complexity index is 1300. The van der Waals surface area contributed by atoms with Crippen molar-refractivity contribution in [3.63, 3.8) is 0 Å². The molecule has 0 fully saturated rings. The van der Waals surface area contributed by atoms with Gasteiger partial charge in [-0.1, -0.05) is 38.1 Å². The quantitative estimate of drug-likeness (QED) is 0.305. The van der Waals surface area contributed by atoms with Crippen LogP contribution in [0.5, 0.6) is 0 Å². The number of nitrogens with two attached hydrogens (primary N) is 1. The summed E-state index contributed by atoms with van der Waals surface area (Å²) in [5.74, 6) is -1.08. The first-order valence-electron chi connectivity index (χ1n) is 11.0. The molecule has 9 nitrogen and oxygen atoms in total. The fourth-order valence-electron chi connectivity index (χ4n) is 3.77. The van der Waals surface area contributed by atoms with Crippen LogP contribution in [0.1, 0.15) is 47.4 Å². The lowest BCUT2D eigenvalue weighted by atomic mass is 10.1. The van der Waals surface area contributed by atoms with Gasteiger partial charge in [0.2, 0.25) is 0 Å². The van der Waals surface area contributed by atoms with Gasteiger partial charge in [-0.15, -0.1) is 12.4 Å². The zero-order valence-electron chi connectivity index (χ0n) is 19.9. The third-order valence-electron chi connectivity index (χ3n) is 5.50. The molecule has 1 heterocycles. The van der Waals surface area contributed by atoms with Crippen LogP contribution in [0.3, 0.4) is 0 Å². The SMILES string of the molecule is CC(C)CN(CCC(=O)O)C(=O)c1ccc2c(c1)nc(Cc1ccc(C(=N)N)cc1)c(=O)n2C.Cl. The minimum absolute atomic E-state index is 0. The van der Waals surface area contributed by atoms with Gasteiger partial charge in [-0.05, 0) is 29.7 Å². The Morgan fingerprint density at radius 3 is 2.34 bits per heavy atom. The summed E-state index contributed by atoms with van der Waals surface area (Å²) in [5, 5.41) is 16.5. The van der Waals surface area contributed by atoms with E-state index in [-0.39, 0.29) is 55.0 Å². The molecule has 0 radical (unpaired) electrons. The molecule has 0 aliphatic carbocycles. The number of carbonyl (C=O) groups excluding carboxylic acids is 1. The van der Waals surface area contributed by atoms with Crippen LogP contribution in [-0.4, -0.2) is 50.4 Å². The minimum Gasteiger partial charge on any atom is -0.481 e. The van der Waals surface area contributed by atoms with Crippen LogP contribution in [0.25, 0.3) is 11.0 Å². The number of nitrogens with zero attached hydrogens (tertiary/aromatic N) is 3. The summed E-state index contributed by atoms with van der Waals surface area (Å²) in [6, 6.07) is 12.0. The van der Waals surface area contributed by atoms with E-state index in [4.69, 9.17) is 16.2 Å². The van der Waals surface area contributed by atoms with Crippen molar-refractivity contribution in [2.45, 2.75) is 26.7 Å². The summed E-state index contributed by atoms with van der Waals surface area (Å²) in [6.45, 7) is 4.49. The molecular weight excluding hydrogens is 470 g/mol. The van der Waals surface area contributed by atoms with Crippen LogP contribution >= 0.6 is 12.4 Å². The number of fused-ring (bicyclic) bond motifs is 1. The van der Waals surface area contributed by atoms with Crippen molar-refractivity contribution in [3.05, 3.63) is 75.2 Å². The van der Waals surface area contributed by atoms with Gasteiger partial charge in [0.25, 0.3) is 11.5 Å². The summed E-state index contributed by atoms with van der Waals surface area (Å²) in [4.78, 5) is 43.2. The van der Waals surface area contributed by atoms with Crippen molar-refractivity contribution in [2.75, 3.05) is 13.1 Å². The Balaban J connectivity index is 0.00000432. The molecule has 2 aromatic carbocycles. The van der Waals surface area contributed by atoms with Crippen LogP contribution in [0.2, 0.25) is 0 Å². The Labute approximate surface area is 209 Å². The molecule has 0 bridgehead atoms. The van der Waals surface area contributed by atoms with E-state index >= 15 is 0 Å². The third-order valence-corrected chi connectivity index (χ3v) is 5.50. The van der Waals surface area contributed by atoms with Gasteiger partial charge in [-0.3, -0.25) is 19.8 Å². The molecule has 3 aromatic rings. The molecule has 4 N–H and O–H groups in total. The predicted octanol–water partition coefficient (Wildman–Crippen LogP) is 2.80. The van der Waals surface area contributed by atoms with Gasteiger partial charge in [-0.25, -0.2) is 4.98 Å². The number of aliphatic carboxylic acids is 1. The number of hydrogen-bond acceptors (Lipinski definition) is 5. The normalized spacial score (nSPS) is 10.7. The van der Waals surface area contributed by atoms with Crippen molar-refractivity contribution in [2.24, 2.45) is 18.7 Å². The summed E-state index contributed by atoms with van der Waals surface area (Å²) < 4.78 is 1.51. The van der Waals surface area contributed by atoms with Crippen LogP contribution in [-0.2, 0) is 18.3 Å². The van der Waals surface area contributed by atoms with E-state index in [1.54, 1.807) is 54.4 Å². The number of amides is 1. The van der Waals surface area contributed by atoms with Gasteiger partial charge in [-0.2, -0.15) is 0 Å². The van der Waals surface area contributed by atoms with E-state index < -0.39 is 5.97 Å². The van der Waals surface area contributed by atoms with Gasteiger partial charge in [0, 0.05) is 37.7 Å². The molecule has 0 spiro atoms. The summed E-state index contributed by atoms with van der Waals surface area (Å²) in [6.07, 6.45) is 0.155. The highest BCUT2D eigenvalue weighted by Crippen LogP contribution is 2.17. The number of carbonyl (C=O) groups is 2. The van der Waals surface area contributed by atoms with E-state index in [0.717, 1.165) is 5.56 Å². The fraction of sp³-hybridized carbons (Fsp3) is 0.320. The Kier molecular flexibility index (Phi) is 9.13. The monoisotopic (exact) mass is 499 g/mol. The third kappa shape index (κ3) is 6.66. The maximum absolute atomic E-state index is 13.2. The zero-order valence-corrected chi connectivity index (χ0v) is 20.8. The number of rotatable bonds is 9. The van der Waals surface area contributed by atoms with Crippen LogP contribution in [0.15, 0.2) is 47.3 Å². The minimum atomic E-state index is -0.960. The van der Waals surface area contributed by atoms with E-state index in [1.807, 2.05) is 13.8 Å². The Morgan fingerprint density at radius 1 is 1.14 bits per heavy atom. The lowest BCUT2D eigenvalue weighted by molar-refractivity contribution is -0.137. The summed E-state index contributed by atoms with van der Waals surface area (Å²) >= 11 is 0. The van der Waals surface area contributed by atoms with Crippen LogP contribution < -0.4 is 11.3 Å². The topological polar surface area (TPSA) is 142 Å². The standard InChI is InChI=1S/C25H29N5O4.ClH/c1-15(2)14-30(11-10-22(31)32)24(33)18-8-9-21-19(13-18)28-20(25(34)29(21)3)12-16-4-6-17(7-5-16)23(26)27;/h4-9,13,15H,10-12,14H2,1-3H3,(H3,26,27)(H,31,32);1H. The molecule has 0 atom stereocenters. The number of nitrogens with one attached hydrogen (secondary N) is 1. The molecule has 0 saturated heterocycles. The molecule has 0 unspecified atom stereocenters. The number of aryl methyl sites for hydroxylation is 1. The van der Waals surface area contributed by atoms with E-state index in [0.29, 0.717) is 34.4 Å². The molecule has 35 heavy (non-hydrogen) atoms. The van der Waals surface area contributed by atoms with Crippen LogP contribution in [0, 0.1) is 11.3 Å². The number of halogens is 1. The van der Waals surface area contributed by atoms with Crippen molar-refractivity contribution >= 4 is 41.2 Å². The highest BCUT2D eigenvalue weighted by molar-refractivity contribution is 5.97. The average Bonchev–Trinajstić information content (AvgIpc) is 2.79. The number of amidine groups is 1. The van der Waals surface area contributed by atoms with E-state index in [1.165, 1.54) is 4.57 Å². The second-order valence-corrected chi connectivity index (χ2v) is 8.70. The second kappa shape index (κ2) is 11.6. The predicted molar refractivity (Wildman–Crippen MR) is 137 cm³/mol. The summed E-state index contributed by atoms with van der Waals surface area (Å²) in [7, 11) is 1.66. The highest BCUT2D eigenvalue weighted by Gasteiger charge is 2.19. The van der Waals surface area contributed by atoms with Crippen molar-refractivity contribution < 1.29 is 14.7 Å². The maximum atomic E-state index is 13.2. The van der Waals surface area contributed by atoms with Gasteiger partial charge in [0.1, 0.15) is 11.5 Å². The van der Waals surface area contributed by atoms with Gasteiger partial charge in [0.05, 0.1) is 17.5 Å². The lowest BCUT2D eigenvalue weighted by Crippen LogP contribution is -2.36. The average molecular weight is 500 g/mol. The molecule has 1 amide bonds. The van der Waals surface area contributed by atoms with Crippen molar-refractivity contribution in [1.82, 2.24) is 14.5 Å².